The fraction of sp³-hybridized carbons (Fsp3) is 0.230. The Morgan fingerprint density at radius 3 is 1.06 bits per heavy atom. The van der Waals surface area contributed by atoms with E-state index in [-0.39, 0.29) is 11.6 Å². The van der Waals surface area contributed by atoms with Crippen LogP contribution in [0.5, 0.6) is 5.75 Å². The van der Waals surface area contributed by atoms with Crippen molar-refractivity contribution in [1.29, 1.82) is 0 Å². The number of thiophene rings is 1. The van der Waals surface area contributed by atoms with Crippen LogP contribution >= 0.6 is 22.9 Å². The van der Waals surface area contributed by atoms with Crippen molar-refractivity contribution in [2.24, 2.45) is 7.05 Å². The molecule has 16 rings (SSSR count). The van der Waals surface area contributed by atoms with Gasteiger partial charge in [-0.2, -0.15) is 5.10 Å². The summed E-state index contributed by atoms with van der Waals surface area (Å²) in [6.45, 7) is 35.1. The first-order valence-corrected chi connectivity index (χ1v) is 43.8. The molecule has 0 N–H and O–H groups in total. The molecule has 0 fully saturated rings. The molecule has 0 radical (unpaired) electrons. The highest BCUT2D eigenvalue weighted by Gasteiger charge is 2.12. The van der Waals surface area contributed by atoms with Gasteiger partial charge in [-0.05, 0) is 243 Å². The predicted molar refractivity (Wildman–Crippen MR) is 522 cm³/mol. The number of fused-ring (bicyclic) bond motifs is 1. The number of hydrogen-bond donors (Lipinski definition) is 0. The van der Waals surface area contributed by atoms with Crippen molar-refractivity contribution in [3.05, 3.63) is 418 Å². The van der Waals surface area contributed by atoms with E-state index in [1.165, 1.54) is 129 Å². The van der Waals surface area contributed by atoms with Crippen LogP contribution in [0.1, 0.15) is 202 Å². The van der Waals surface area contributed by atoms with E-state index < -0.39 is 0 Å². The Balaban J connectivity index is 0.000000159. The molecular weight excluding hydrogens is 1530 g/mol. The fourth-order valence-corrected chi connectivity index (χ4v) is 14.4. The highest BCUT2D eigenvalue weighted by molar-refractivity contribution is 7.10. The molecular formula is C113H121ClF2N4OS. The molecule has 626 valence electrons. The van der Waals surface area contributed by atoms with Gasteiger partial charge in [-0.3, -0.25) is 14.6 Å². The highest BCUT2D eigenvalue weighted by atomic mass is 35.5. The SMILES string of the molecule is CC(C)c1cc(-c2ccccc2F)cs1.CC(C)c1cccc(-c2ccc(F)cc2)c1.CC(C)c1cccc(-c2ccc3c(cnn3C)c2)c1.CC(C)c1cccc(-c2ccccc2)c1.CC(C)c1cccc(-c2cccnc2)c1.CC(C)c1cccc(-c2ccncc2)c1.CC(C)c1cccc(Cl)c1.COc1ccc(-c2cccc(C(C)C)c2)cc1. The van der Waals surface area contributed by atoms with Crippen LogP contribution in [0, 0.1) is 11.6 Å². The van der Waals surface area contributed by atoms with Gasteiger partial charge in [0.15, 0.2) is 0 Å². The van der Waals surface area contributed by atoms with E-state index in [9.17, 15) is 8.78 Å². The lowest BCUT2D eigenvalue weighted by Gasteiger charge is -2.08. The minimum Gasteiger partial charge on any atom is -0.497 e. The molecule has 4 aromatic heterocycles. The average molecular weight is 1660 g/mol. The quantitative estimate of drug-likeness (QED) is 0.0967. The third kappa shape index (κ3) is 29.2. The van der Waals surface area contributed by atoms with Gasteiger partial charge in [0, 0.05) is 52.7 Å². The van der Waals surface area contributed by atoms with Gasteiger partial charge in [0.2, 0.25) is 0 Å². The van der Waals surface area contributed by atoms with E-state index in [0.717, 1.165) is 27.5 Å². The summed E-state index contributed by atoms with van der Waals surface area (Å²) in [6, 6.07) is 109. The summed E-state index contributed by atoms with van der Waals surface area (Å²) >= 11 is 7.48. The molecule has 0 unspecified atom stereocenters. The molecule has 0 bridgehead atoms. The molecule has 12 aromatic carbocycles. The van der Waals surface area contributed by atoms with Crippen molar-refractivity contribution in [3.8, 4) is 83.6 Å². The Morgan fingerprint density at radius 2 is 0.664 bits per heavy atom. The predicted octanol–water partition coefficient (Wildman–Crippen LogP) is 33.8. The molecule has 0 spiro atoms. The lowest BCUT2D eigenvalue weighted by Crippen LogP contribution is -1.89. The maximum atomic E-state index is 13.5. The number of halogens is 3. The van der Waals surface area contributed by atoms with Crippen molar-refractivity contribution in [2.75, 3.05) is 7.11 Å². The third-order valence-corrected chi connectivity index (χ3v) is 22.5. The zero-order valence-electron chi connectivity index (χ0n) is 74.4. The van der Waals surface area contributed by atoms with Crippen molar-refractivity contribution in [1.82, 2.24) is 19.7 Å². The second-order valence-electron chi connectivity index (χ2n) is 32.9. The van der Waals surface area contributed by atoms with Gasteiger partial charge in [0.25, 0.3) is 0 Å². The minimum absolute atomic E-state index is 0.148. The summed E-state index contributed by atoms with van der Waals surface area (Å²) < 4.78 is 33.4. The summed E-state index contributed by atoms with van der Waals surface area (Å²) in [5.74, 6) is 5.01. The summed E-state index contributed by atoms with van der Waals surface area (Å²) in [5.41, 5.74) is 27.1. The van der Waals surface area contributed by atoms with E-state index in [1.54, 1.807) is 30.7 Å². The number of pyridine rings is 2. The fourth-order valence-electron chi connectivity index (χ4n) is 13.3. The average Bonchev–Trinajstić information content (AvgIpc) is 1.64. The van der Waals surface area contributed by atoms with Gasteiger partial charge < -0.3 is 4.74 Å². The zero-order valence-corrected chi connectivity index (χ0v) is 76.0. The molecule has 122 heavy (non-hydrogen) atoms. The van der Waals surface area contributed by atoms with Crippen LogP contribution in [-0.4, -0.2) is 26.9 Å². The number of methoxy groups -OCH3 is 1. The summed E-state index contributed by atoms with van der Waals surface area (Å²) in [5, 5.41) is 8.33. The van der Waals surface area contributed by atoms with Gasteiger partial charge in [-0.25, -0.2) is 8.78 Å². The topological polar surface area (TPSA) is 52.8 Å². The molecule has 0 aliphatic heterocycles. The van der Waals surface area contributed by atoms with Gasteiger partial charge in [0.1, 0.15) is 17.4 Å². The highest BCUT2D eigenvalue weighted by Crippen LogP contribution is 2.34. The lowest BCUT2D eigenvalue weighted by atomic mass is 9.97. The van der Waals surface area contributed by atoms with Crippen LogP contribution in [0.4, 0.5) is 8.78 Å². The molecule has 9 heteroatoms. The second kappa shape index (κ2) is 47.9. The molecule has 0 aliphatic carbocycles. The molecule has 16 aromatic rings. The van der Waals surface area contributed by atoms with E-state index in [2.05, 4.69) is 344 Å². The number of ether oxygens (including phenoxy) is 1. The molecule has 0 atom stereocenters. The summed E-state index contributed by atoms with van der Waals surface area (Å²) in [7, 11) is 3.66. The maximum Gasteiger partial charge on any atom is 0.131 e. The maximum absolute atomic E-state index is 13.5. The van der Waals surface area contributed by atoms with Crippen LogP contribution in [-0.2, 0) is 7.05 Å². The van der Waals surface area contributed by atoms with Crippen molar-refractivity contribution < 1.29 is 13.5 Å². The lowest BCUT2D eigenvalue weighted by molar-refractivity contribution is 0.415. The van der Waals surface area contributed by atoms with Gasteiger partial charge in [-0.15, -0.1) is 11.3 Å². The van der Waals surface area contributed by atoms with Crippen molar-refractivity contribution >= 4 is 33.8 Å². The van der Waals surface area contributed by atoms with E-state index in [4.69, 9.17) is 16.3 Å². The first kappa shape index (κ1) is 93.9. The van der Waals surface area contributed by atoms with Crippen molar-refractivity contribution in [2.45, 2.75) is 158 Å². The van der Waals surface area contributed by atoms with Crippen LogP contribution in [0.3, 0.4) is 0 Å². The molecule has 0 amide bonds. The number of benzene rings is 12. The number of nitrogens with zero attached hydrogens (tertiary/aromatic N) is 4. The normalized spacial score (nSPS) is 10.8. The summed E-state index contributed by atoms with van der Waals surface area (Å²) in [6.07, 6.45) is 9.29. The molecule has 0 aliphatic rings. The van der Waals surface area contributed by atoms with Crippen LogP contribution in [0.15, 0.2) is 358 Å². The molecule has 4 heterocycles. The number of hydrogen-bond acceptors (Lipinski definition) is 5. The second-order valence-corrected chi connectivity index (χ2v) is 34.3. The van der Waals surface area contributed by atoms with E-state index in [1.807, 2.05) is 121 Å². The van der Waals surface area contributed by atoms with Crippen LogP contribution in [0.25, 0.3) is 88.8 Å². The molecule has 5 nitrogen and oxygen atoms in total. The Hall–Kier alpha value is -11.9. The zero-order chi connectivity index (χ0) is 87.6. The standard InChI is InChI=1S/C17H18N2.C16H18O.C15H15F.C15H16.2C14H15N.C13H13FS.C9H11Cl/c1-12(2)13-5-4-6-14(9-13)15-7-8-17-16(10-15)11-18-19(17)3;1-12(2)14-5-4-6-15(11-14)13-7-9-16(17-3)10-8-13;1-11(2)13-4-3-5-14(10-13)12-6-8-15(16)9-7-12;1-12(2)14-9-6-10-15(11-14)13-7-4-3-5-8-13;1-11(2)12-5-3-6-13(9-12)14-7-4-8-15-10-14;1-11(2)13-4-3-5-14(10-13)12-6-8-15-9-7-12;1-9(2)13-7-10(8-15-13)11-5-3-4-6-12(11)14;1-7(2)8-4-3-5-9(10)6-8/h4-12H,1-3H3;4-12H,1-3H3;3-11H,1-2H3;3-12H,1-2H3;2*3-11H,1-2H3;3-9H,1-2H3;3-7H,1-2H3. The summed E-state index contributed by atoms with van der Waals surface area (Å²) in [4.78, 5) is 9.46. The largest absolute Gasteiger partial charge is 0.497 e. The van der Waals surface area contributed by atoms with Gasteiger partial charge in [0.05, 0.1) is 18.8 Å². The minimum atomic E-state index is -0.191. The number of aromatic nitrogens is 4. The van der Waals surface area contributed by atoms with Crippen molar-refractivity contribution in [3.63, 3.8) is 0 Å². The first-order chi connectivity index (χ1) is 58.7. The van der Waals surface area contributed by atoms with E-state index in [0.29, 0.717) is 52.9 Å². The van der Waals surface area contributed by atoms with Crippen LogP contribution < -0.4 is 4.74 Å². The Labute approximate surface area is 736 Å². The van der Waals surface area contributed by atoms with Crippen LogP contribution in [0.2, 0.25) is 5.02 Å². The third-order valence-electron chi connectivity index (χ3n) is 21.0. The van der Waals surface area contributed by atoms with Gasteiger partial charge in [-0.1, -0.05) is 365 Å². The van der Waals surface area contributed by atoms with Gasteiger partial charge >= 0.3 is 0 Å². The Bertz CT molecular complexity index is 5570. The Morgan fingerprint density at radius 1 is 0.303 bits per heavy atom. The Kier molecular flexibility index (Phi) is 36.9. The molecule has 0 saturated carbocycles. The number of rotatable bonds is 16. The van der Waals surface area contributed by atoms with E-state index >= 15 is 0 Å². The monoisotopic (exact) mass is 1650 g/mol. The molecule has 0 saturated heterocycles. The smallest absolute Gasteiger partial charge is 0.131 e. The first-order valence-electron chi connectivity index (χ1n) is 42.6. The number of aryl methyl sites for hydroxylation is 1.